The second kappa shape index (κ2) is 11.6. The third-order valence-corrected chi connectivity index (χ3v) is 5.38. The molecule has 0 bridgehead atoms. The van der Waals surface area contributed by atoms with Crippen molar-refractivity contribution in [3.8, 4) is 17.6 Å². The van der Waals surface area contributed by atoms with Gasteiger partial charge in [-0.25, -0.2) is 0 Å². The Hall–Kier alpha value is -2.91. The Kier molecular flexibility index (Phi) is 8.64. The minimum absolute atomic E-state index is 0.253. The van der Waals surface area contributed by atoms with E-state index in [9.17, 15) is 0 Å². The average molecular weight is 489 g/mol. The normalized spacial score (nSPS) is 10.7. The number of halogens is 3. The van der Waals surface area contributed by atoms with E-state index < -0.39 is 0 Å². The van der Waals surface area contributed by atoms with E-state index in [-0.39, 0.29) is 6.61 Å². The third kappa shape index (κ3) is 6.30. The van der Waals surface area contributed by atoms with Crippen LogP contribution < -0.4 is 14.9 Å². The first-order chi connectivity index (χ1) is 15.5. The molecule has 0 fully saturated rings. The topological polar surface area (TPSA) is 66.6 Å². The molecular formula is C24H20Cl3N3O2. The highest BCUT2D eigenvalue weighted by atomic mass is 35.5. The molecule has 0 amide bonds. The van der Waals surface area contributed by atoms with Crippen LogP contribution in [0, 0.1) is 11.3 Å². The Morgan fingerprint density at radius 1 is 1.00 bits per heavy atom. The van der Waals surface area contributed by atoms with Gasteiger partial charge in [0.2, 0.25) is 0 Å². The molecule has 1 N–H and O–H groups in total. The summed E-state index contributed by atoms with van der Waals surface area (Å²) in [6.45, 7) is 2.96. The van der Waals surface area contributed by atoms with Crippen LogP contribution in [0.5, 0.6) is 11.5 Å². The number of nitrogens with zero attached hydrogens (tertiary/aromatic N) is 2. The predicted molar refractivity (Wildman–Crippen MR) is 129 cm³/mol. The molecule has 8 heteroatoms. The number of rotatable bonds is 9. The molecule has 5 nitrogen and oxygen atoms in total. The van der Waals surface area contributed by atoms with E-state index in [1.165, 1.54) is 0 Å². The van der Waals surface area contributed by atoms with E-state index in [4.69, 9.17) is 49.5 Å². The first-order valence-electron chi connectivity index (χ1n) is 9.78. The van der Waals surface area contributed by atoms with Crippen LogP contribution in [0.4, 0.5) is 0 Å². The van der Waals surface area contributed by atoms with Gasteiger partial charge in [0.05, 0.1) is 36.0 Å². The summed E-state index contributed by atoms with van der Waals surface area (Å²) in [5.41, 5.74) is 5.86. The summed E-state index contributed by atoms with van der Waals surface area (Å²) >= 11 is 18.8. The fourth-order valence-corrected chi connectivity index (χ4v) is 3.70. The van der Waals surface area contributed by atoms with Crippen molar-refractivity contribution in [2.24, 2.45) is 5.10 Å². The van der Waals surface area contributed by atoms with Crippen LogP contribution in [0.15, 0.2) is 59.7 Å². The highest BCUT2D eigenvalue weighted by Gasteiger charge is 2.13. The largest absolute Gasteiger partial charge is 0.490 e. The summed E-state index contributed by atoms with van der Waals surface area (Å²) in [5.74, 6) is 0.941. The van der Waals surface area contributed by atoms with Crippen LogP contribution in [0.3, 0.4) is 0 Å². The SMILES string of the molecule is CCOc1cc(/C=N/NCc2c(Cl)cccc2Cl)cc(Cl)c1OCc1cccc(C#N)c1. The maximum Gasteiger partial charge on any atom is 0.180 e. The summed E-state index contributed by atoms with van der Waals surface area (Å²) in [6.07, 6.45) is 1.62. The smallest absolute Gasteiger partial charge is 0.180 e. The lowest BCUT2D eigenvalue weighted by Gasteiger charge is -2.14. The standard InChI is InChI=1S/C24H20Cl3N3O2/c1-2-31-23-11-18(13-29-30-14-19-20(25)7-4-8-21(19)26)10-22(27)24(23)32-15-17-6-3-5-16(9-17)12-28/h3-11,13,30H,2,14-15H2,1H3/b29-13+. The van der Waals surface area contributed by atoms with Crippen molar-refractivity contribution in [1.82, 2.24) is 5.43 Å². The molecule has 0 radical (unpaired) electrons. The molecule has 0 saturated heterocycles. The molecule has 0 spiro atoms. The summed E-state index contributed by atoms with van der Waals surface area (Å²) in [7, 11) is 0. The van der Waals surface area contributed by atoms with Gasteiger partial charge in [0.25, 0.3) is 0 Å². The minimum atomic E-state index is 0.253. The number of nitrogens with one attached hydrogen (secondary N) is 1. The summed E-state index contributed by atoms with van der Waals surface area (Å²) < 4.78 is 11.6. The first kappa shape index (κ1) is 23.7. The number of hydrogen-bond acceptors (Lipinski definition) is 5. The van der Waals surface area contributed by atoms with Gasteiger partial charge in [0, 0.05) is 15.6 Å². The van der Waals surface area contributed by atoms with Crippen LogP contribution in [0.1, 0.15) is 29.2 Å². The molecule has 0 heterocycles. The predicted octanol–water partition coefficient (Wildman–Crippen LogP) is 6.62. The van der Waals surface area contributed by atoms with Gasteiger partial charge in [-0.05, 0) is 54.4 Å². The van der Waals surface area contributed by atoms with Gasteiger partial charge >= 0.3 is 0 Å². The van der Waals surface area contributed by atoms with E-state index in [1.54, 1.807) is 48.7 Å². The van der Waals surface area contributed by atoms with Crippen molar-refractivity contribution in [1.29, 1.82) is 5.26 Å². The van der Waals surface area contributed by atoms with Crippen molar-refractivity contribution in [2.75, 3.05) is 6.61 Å². The maximum atomic E-state index is 9.05. The van der Waals surface area contributed by atoms with Crippen molar-refractivity contribution in [3.63, 3.8) is 0 Å². The molecule has 3 rings (SSSR count). The maximum absolute atomic E-state index is 9.05. The lowest BCUT2D eigenvalue weighted by molar-refractivity contribution is 0.269. The van der Waals surface area contributed by atoms with Crippen LogP contribution in [0.2, 0.25) is 15.1 Å². The fraction of sp³-hybridized carbons (Fsp3) is 0.167. The zero-order valence-corrected chi connectivity index (χ0v) is 19.5. The van der Waals surface area contributed by atoms with Gasteiger partial charge in [-0.15, -0.1) is 0 Å². The Labute approximate surface area is 202 Å². The van der Waals surface area contributed by atoms with Gasteiger partial charge in [-0.2, -0.15) is 10.4 Å². The summed E-state index contributed by atoms with van der Waals surface area (Å²) in [5, 5.41) is 14.8. The molecule has 0 atom stereocenters. The Balaban J connectivity index is 1.71. The van der Waals surface area contributed by atoms with Crippen LogP contribution in [-0.4, -0.2) is 12.8 Å². The van der Waals surface area contributed by atoms with E-state index in [0.717, 1.165) is 16.7 Å². The summed E-state index contributed by atoms with van der Waals surface area (Å²) in [4.78, 5) is 0. The van der Waals surface area contributed by atoms with Crippen molar-refractivity contribution >= 4 is 41.0 Å². The van der Waals surface area contributed by atoms with Gasteiger partial charge < -0.3 is 14.9 Å². The van der Waals surface area contributed by atoms with Gasteiger partial charge in [0.15, 0.2) is 11.5 Å². The molecule has 3 aromatic carbocycles. The molecule has 0 aliphatic rings. The average Bonchev–Trinajstić information content (AvgIpc) is 2.78. The molecule has 32 heavy (non-hydrogen) atoms. The third-order valence-electron chi connectivity index (χ3n) is 4.39. The van der Waals surface area contributed by atoms with Gasteiger partial charge in [-0.1, -0.05) is 53.0 Å². The fourth-order valence-electron chi connectivity index (χ4n) is 2.90. The highest BCUT2D eigenvalue weighted by Crippen LogP contribution is 2.37. The second-order valence-electron chi connectivity index (χ2n) is 6.66. The molecular weight excluding hydrogens is 469 g/mol. The Morgan fingerprint density at radius 2 is 1.75 bits per heavy atom. The van der Waals surface area contributed by atoms with Gasteiger partial charge in [-0.3, -0.25) is 0 Å². The molecule has 164 valence electrons. The Bertz CT molecular complexity index is 1140. The second-order valence-corrected chi connectivity index (χ2v) is 7.88. The quantitative estimate of drug-likeness (QED) is 0.271. The van der Waals surface area contributed by atoms with E-state index in [1.807, 2.05) is 19.1 Å². The molecule has 0 aliphatic heterocycles. The van der Waals surface area contributed by atoms with E-state index >= 15 is 0 Å². The number of hydrazone groups is 1. The highest BCUT2D eigenvalue weighted by molar-refractivity contribution is 6.36. The van der Waals surface area contributed by atoms with Crippen molar-refractivity contribution < 1.29 is 9.47 Å². The number of nitriles is 1. The first-order valence-corrected chi connectivity index (χ1v) is 10.9. The molecule has 0 aromatic heterocycles. The Morgan fingerprint density at radius 3 is 2.47 bits per heavy atom. The molecule has 0 aliphatic carbocycles. The van der Waals surface area contributed by atoms with Crippen molar-refractivity contribution in [2.45, 2.75) is 20.1 Å². The van der Waals surface area contributed by atoms with Gasteiger partial charge in [0.1, 0.15) is 6.61 Å². The molecule has 3 aromatic rings. The van der Waals surface area contributed by atoms with Crippen LogP contribution in [0.25, 0.3) is 0 Å². The monoisotopic (exact) mass is 487 g/mol. The lowest BCUT2D eigenvalue weighted by atomic mass is 10.1. The zero-order chi connectivity index (χ0) is 22.9. The molecule has 0 saturated carbocycles. The molecule has 0 unspecified atom stereocenters. The summed E-state index contributed by atoms with van der Waals surface area (Å²) in [6, 6.07) is 18.2. The van der Waals surface area contributed by atoms with E-state index in [2.05, 4.69) is 16.6 Å². The minimum Gasteiger partial charge on any atom is -0.490 e. The van der Waals surface area contributed by atoms with E-state index in [0.29, 0.717) is 45.3 Å². The lowest BCUT2D eigenvalue weighted by Crippen LogP contribution is -2.07. The number of hydrogen-bond donors (Lipinski definition) is 1. The number of ether oxygens (including phenoxy) is 2. The zero-order valence-electron chi connectivity index (χ0n) is 17.2. The van der Waals surface area contributed by atoms with Crippen LogP contribution in [-0.2, 0) is 13.2 Å². The van der Waals surface area contributed by atoms with Crippen molar-refractivity contribution in [3.05, 3.63) is 91.9 Å². The van der Waals surface area contributed by atoms with Crippen LogP contribution >= 0.6 is 34.8 Å². The number of benzene rings is 3.